The topological polar surface area (TPSA) is 20.3 Å². The highest BCUT2D eigenvalue weighted by atomic mass is 79.9. The number of piperidine rings is 1. The molecule has 2 nitrogen and oxygen atoms in total. The van der Waals surface area contributed by atoms with Gasteiger partial charge in [0.2, 0.25) is 0 Å². The van der Waals surface area contributed by atoms with Gasteiger partial charge in [-0.2, -0.15) is 0 Å². The van der Waals surface area contributed by atoms with Crippen LogP contribution in [0.1, 0.15) is 9.75 Å². The summed E-state index contributed by atoms with van der Waals surface area (Å²) in [6, 6.07) is 4.08. The molecule has 0 radical (unpaired) electrons. The highest BCUT2D eigenvalue weighted by Crippen LogP contribution is 2.27. The molecule has 1 fully saturated rings. The molecule has 2 aromatic rings. The van der Waals surface area contributed by atoms with E-state index in [0.29, 0.717) is 13.1 Å². The first-order chi connectivity index (χ1) is 10.5. The predicted octanol–water partition coefficient (Wildman–Crippen LogP) is 5.32. The van der Waals surface area contributed by atoms with Gasteiger partial charge in [-0.3, -0.25) is 9.69 Å². The standard InChI is InChI=1S/C16H13Br2NOS2/c1-19-6-10(2-14-4-12(17)8-21-14)16(20)11(7-19)3-15-5-13(18)9-22-15/h2-5,8-9H,6-7H2,1H3. The Morgan fingerprint density at radius 2 is 1.45 bits per heavy atom. The molecule has 6 heteroatoms. The monoisotopic (exact) mass is 457 g/mol. The number of rotatable bonds is 2. The van der Waals surface area contributed by atoms with Crippen LogP contribution in [0.25, 0.3) is 12.2 Å². The van der Waals surface area contributed by atoms with Gasteiger partial charge in [0, 0.05) is 53.7 Å². The second kappa shape index (κ2) is 6.93. The minimum absolute atomic E-state index is 0.159. The Balaban J connectivity index is 1.91. The SMILES string of the molecule is CN1CC(=Cc2cc(Br)cs2)C(=O)C(=Cc2cc(Br)cs2)C1. The number of ketones is 1. The Kier molecular flexibility index (Phi) is 5.14. The molecule has 0 N–H and O–H groups in total. The summed E-state index contributed by atoms with van der Waals surface area (Å²) in [5, 5.41) is 4.06. The lowest BCUT2D eigenvalue weighted by molar-refractivity contribution is -0.113. The third-order valence-electron chi connectivity index (χ3n) is 3.27. The van der Waals surface area contributed by atoms with E-state index in [-0.39, 0.29) is 5.78 Å². The van der Waals surface area contributed by atoms with E-state index in [9.17, 15) is 4.79 Å². The first-order valence-electron chi connectivity index (χ1n) is 6.64. The van der Waals surface area contributed by atoms with Crippen LogP contribution in [0.3, 0.4) is 0 Å². The highest BCUT2D eigenvalue weighted by Gasteiger charge is 2.24. The summed E-state index contributed by atoms with van der Waals surface area (Å²) in [6.07, 6.45) is 4.01. The van der Waals surface area contributed by atoms with Crippen molar-refractivity contribution in [2.75, 3.05) is 20.1 Å². The first-order valence-corrected chi connectivity index (χ1v) is 9.98. The fraction of sp³-hybridized carbons (Fsp3) is 0.188. The van der Waals surface area contributed by atoms with E-state index < -0.39 is 0 Å². The molecule has 0 bridgehead atoms. The predicted molar refractivity (Wildman–Crippen MR) is 102 cm³/mol. The molecule has 0 atom stereocenters. The van der Waals surface area contributed by atoms with Gasteiger partial charge in [-0.15, -0.1) is 22.7 Å². The van der Waals surface area contributed by atoms with Crippen LogP contribution in [-0.4, -0.2) is 30.8 Å². The van der Waals surface area contributed by atoms with E-state index >= 15 is 0 Å². The Bertz CT molecular complexity index is 710. The molecular weight excluding hydrogens is 446 g/mol. The third-order valence-corrected chi connectivity index (χ3v) is 6.55. The maximum Gasteiger partial charge on any atom is 0.187 e. The van der Waals surface area contributed by atoms with Gasteiger partial charge in [0.15, 0.2) is 5.78 Å². The van der Waals surface area contributed by atoms with Crippen molar-refractivity contribution >= 4 is 72.5 Å². The van der Waals surface area contributed by atoms with Crippen molar-refractivity contribution in [2.24, 2.45) is 0 Å². The number of carbonyl (C=O) groups excluding carboxylic acids is 1. The number of carbonyl (C=O) groups is 1. The van der Waals surface area contributed by atoms with Crippen molar-refractivity contribution in [1.29, 1.82) is 0 Å². The summed E-state index contributed by atoms with van der Waals surface area (Å²) in [6.45, 7) is 1.39. The summed E-state index contributed by atoms with van der Waals surface area (Å²) < 4.78 is 2.11. The van der Waals surface area contributed by atoms with E-state index in [1.54, 1.807) is 22.7 Å². The average molecular weight is 459 g/mol. The van der Waals surface area contributed by atoms with E-state index in [0.717, 1.165) is 29.8 Å². The van der Waals surface area contributed by atoms with Crippen molar-refractivity contribution < 1.29 is 4.79 Å². The van der Waals surface area contributed by atoms with Crippen LogP contribution in [0, 0.1) is 0 Å². The van der Waals surface area contributed by atoms with Crippen LogP contribution in [0.4, 0.5) is 0 Å². The normalized spacial score (nSPS) is 20.2. The largest absolute Gasteiger partial charge is 0.298 e. The summed E-state index contributed by atoms with van der Waals surface area (Å²) in [5.74, 6) is 0.159. The number of halogens is 2. The first kappa shape index (κ1) is 16.3. The molecular formula is C16H13Br2NOS2. The molecule has 0 saturated carbocycles. The summed E-state index contributed by atoms with van der Waals surface area (Å²) in [7, 11) is 2.04. The van der Waals surface area contributed by atoms with Gasteiger partial charge in [-0.25, -0.2) is 0 Å². The molecule has 0 aromatic carbocycles. The van der Waals surface area contributed by atoms with Gasteiger partial charge in [-0.1, -0.05) is 0 Å². The Hall–Kier alpha value is -0.530. The molecule has 1 saturated heterocycles. The third kappa shape index (κ3) is 3.86. The zero-order chi connectivity index (χ0) is 15.7. The molecule has 0 spiro atoms. The van der Waals surface area contributed by atoms with Gasteiger partial charge in [0.25, 0.3) is 0 Å². The second-order valence-corrected chi connectivity index (χ2v) is 8.89. The van der Waals surface area contributed by atoms with Crippen LogP contribution in [0.15, 0.2) is 43.0 Å². The number of likely N-dealkylation sites (N-methyl/N-ethyl adjacent to an activating group) is 1. The second-order valence-electron chi connectivity index (χ2n) is 5.18. The van der Waals surface area contributed by atoms with Crippen LogP contribution in [0.2, 0.25) is 0 Å². The zero-order valence-electron chi connectivity index (χ0n) is 11.8. The number of nitrogens with zero attached hydrogens (tertiary/aromatic N) is 1. The van der Waals surface area contributed by atoms with Gasteiger partial charge in [-0.05, 0) is 63.2 Å². The van der Waals surface area contributed by atoms with Gasteiger partial charge >= 0.3 is 0 Å². The summed E-state index contributed by atoms with van der Waals surface area (Å²) in [4.78, 5) is 17.1. The van der Waals surface area contributed by atoms with Crippen LogP contribution in [-0.2, 0) is 4.79 Å². The summed E-state index contributed by atoms with van der Waals surface area (Å²) >= 11 is 10.2. The van der Waals surface area contributed by atoms with Crippen LogP contribution < -0.4 is 0 Å². The fourth-order valence-corrected chi connectivity index (χ4v) is 5.16. The molecule has 0 aliphatic carbocycles. The molecule has 1 aliphatic heterocycles. The Labute approximate surface area is 154 Å². The minimum Gasteiger partial charge on any atom is -0.298 e. The highest BCUT2D eigenvalue weighted by molar-refractivity contribution is 9.10. The Morgan fingerprint density at radius 1 is 1.00 bits per heavy atom. The molecule has 0 amide bonds. The number of Topliss-reactive ketones (excluding diaryl/α,β-unsaturated/α-hetero) is 1. The van der Waals surface area contributed by atoms with Crippen molar-refractivity contribution in [3.8, 4) is 0 Å². The molecule has 3 rings (SSSR count). The van der Waals surface area contributed by atoms with E-state index in [1.165, 1.54) is 0 Å². The molecule has 3 heterocycles. The summed E-state index contributed by atoms with van der Waals surface area (Å²) in [5.41, 5.74) is 1.70. The van der Waals surface area contributed by atoms with E-state index in [2.05, 4.69) is 36.8 Å². The van der Waals surface area contributed by atoms with Crippen molar-refractivity contribution in [3.63, 3.8) is 0 Å². The smallest absolute Gasteiger partial charge is 0.187 e. The number of hydrogen-bond donors (Lipinski definition) is 0. The average Bonchev–Trinajstić information content (AvgIpc) is 3.04. The quantitative estimate of drug-likeness (QED) is 0.568. The Morgan fingerprint density at radius 3 is 1.82 bits per heavy atom. The van der Waals surface area contributed by atoms with Gasteiger partial charge in [0.1, 0.15) is 0 Å². The van der Waals surface area contributed by atoms with Crippen molar-refractivity contribution in [3.05, 3.63) is 52.7 Å². The number of hydrogen-bond acceptors (Lipinski definition) is 4. The molecule has 1 aliphatic rings. The van der Waals surface area contributed by atoms with E-state index in [4.69, 9.17) is 0 Å². The fourth-order valence-electron chi connectivity index (χ4n) is 2.36. The maximum atomic E-state index is 12.7. The van der Waals surface area contributed by atoms with E-state index in [1.807, 2.05) is 42.1 Å². The van der Waals surface area contributed by atoms with Gasteiger partial charge in [0.05, 0.1) is 0 Å². The molecule has 114 valence electrons. The van der Waals surface area contributed by atoms with Crippen LogP contribution in [0.5, 0.6) is 0 Å². The lowest BCUT2D eigenvalue weighted by Gasteiger charge is -2.25. The minimum atomic E-state index is 0.159. The molecule has 0 unspecified atom stereocenters. The zero-order valence-corrected chi connectivity index (χ0v) is 16.6. The number of likely N-dealkylation sites (tertiary alicyclic amines) is 1. The lowest BCUT2D eigenvalue weighted by Crippen LogP contribution is -2.34. The van der Waals surface area contributed by atoms with Crippen LogP contribution >= 0.6 is 54.5 Å². The maximum absolute atomic E-state index is 12.7. The van der Waals surface area contributed by atoms with Gasteiger partial charge < -0.3 is 0 Å². The lowest BCUT2D eigenvalue weighted by atomic mass is 9.97. The number of thiophene rings is 2. The molecule has 22 heavy (non-hydrogen) atoms. The van der Waals surface area contributed by atoms with Crippen molar-refractivity contribution in [2.45, 2.75) is 0 Å². The molecule has 2 aromatic heterocycles. The van der Waals surface area contributed by atoms with Crippen molar-refractivity contribution in [1.82, 2.24) is 4.90 Å².